The maximum atomic E-state index is 10.6. The minimum Gasteiger partial charge on any atom is -0.478 e. The highest BCUT2D eigenvalue weighted by Crippen LogP contribution is 2.15. The van der Waals surface area contributed by atoms with Crippen molar-refractivity contribution in [3.05, 3.63) is 59.1 Å². The fourth-order valence-electron chi connectivity index (χ4n) is 2.64. The summed E-state index contributed by atoms with van der Waals surface area (Å²) >= 11 is 0. The second-order valence-corrected chi connectivity index (χ2v) is 6.46. The van der Waals surface area contributed by atoms with E-state index in [0.717, 1.165) is 44.6 Å². The number of aryl methyl sites for hydroxylation is 1. The summed E-state index contributed by atoms with van der Waals surface area (Å²) in [5.74, 6) is -0.994. The van der Waals surface area contributed by atoms with Gasteiger partial charge in [0, 0.05) is 6.08 Å². The van der Waals surface area contributed by atoms with Crippen LogP contribution in [0.3, 0.4) is 0 Å². The molecule has 0 saturated heterocycles. The molecule has 2 N–H and O–H groups in total. The Morgan fingerprint density at radius 1 is 1.12 bits per heavy atom. The van der Waals surface area contributed by atoms with E-state index in [1.54, 1.807) is 12.5 Å². The highest BCUT2D eigenvalue weighted by atomic mass is 16.4. The van der Waals surface area contributed by atoms with Crippen molar-refractivity contribution in [2.24, 2.45) is 0 Å². The molecule has 0 atom stereocenters. The summed E-state index contributed by atoms with van der Waals surface area (Å²) < 4.78 is 5.06. The molecule has 0 amide bonds. The van der Waals surface area contributed by atoms with Gasteiger partial charge in [-0.05, 0) is 76.0 Å². The van der Waals surface area contributed by atoms with Gasteiger partial charge >= 0.3 is 5.97 Å². The number of furan rings is 1. The second-order valence-electron chi connectivity index (χ2n) is 6.46. The molecule has 0 aliphatic rings. The third-order valence-electron chi connectivity index (χ3n) is 4.14. The van der Waals surface area contributed by atoms with E-state index in [1.807, 2.05) is 6.07 Å². The topological polar surface area (TPSA) is 70.7 Å². The second kappa shape index (κ2) is 12.3. The molecule has 1 heterocycles. The number of aliphatic carboxylic acids is 1. The molecule has 0 radical (unpaired) electrons. The largest absolute Gasteiger partial charge is 0.478 e. The van der Waals surface area contributed by atoms with E-state index in [1.165, 1.54) is 16.7 Å². The summed E-state index contributed by atoms with van der Waals surface area (Å²) in [4.78, 5) is 10.6. The Labute approximate surface area is 150 Å². The highest BCUT2D eigenvalue weighted by Gasteiger charge is 2.00. The summed E-state index contributed by atoms with van der Waals surface area (Å²) in [7, 11) is 0. The van der Waals surface area contributed by atoms with Crippen molar-refractivity contribution in [1.29, 1.82) is 0 Å². The van der Waals surface area contributed by atoms with E-state index < -0.39 is 5.97 Å². The van der Waals surface area contributed by atoms with Crippen LogP contribution in [0.4, 0.5) is 0 Å². The predicted molar refractivity (Wildman–Crippen MR) is 100 cm³/mol. The lowest BCUT2D eigenvalue weighted by Gasteiger charge is -2.05. The Kier molecular flexibility index (Phi) is 10.3. The first kappa shape index (κ1) is 21.0. The Morgan fingerprint density at radius 3 is 2.48 bits per heavy atom. The number of hydrogen-bond donors (Lipinski definition) is 2. The third kappa shape index (κ3) is 10.4. The Balaban J connectivity index is 2.22. The molecule has 1 aromatic rings. The van der Waals surface area contributed by atoms with E-state index >= 15 is 0 Å². The van der Waals surface area contributed by atoms with Gasteiger partial charge in [0.2, 0.25) is 0 Å². The standard InChI is InChI=1S/C21H30O4/c1-17(8-4-10-19-12-13-25-16-19)6-3-7-18(2)9-5-11-20(15-22)14-21(23)24/h7-8,12-14,16,22H,3-6,9-11,15H2,1-2H3,(H,23,24)/b17-8+,18-7+,20-14-. The van der Waals surface area contributed by atoms with Crippen molar-refractivity contribution < 1.29 is 19.4 Å². The zero-order chi connectivity index (χ0) is 18.5. The van der Waals surface area contributed by atoms with Crippen molar-refractivity contribution in [1.82, 2.24) is 0 Å². The van der Waals surface area contributed by atoms with Gasteiger partial charge in [0.1, 0.15) is 0 Å². The molecular weight excluding hydrogens is 316 g/mol. The number of aliphatic hydroxyl groups excluding tert-OH is 1. The zero-order valence-electron chi connectivity index (χ0n) is 15.3. The molecule has 0 bridgehead atoms. The van der Waals surface area contributed by atoms with Gasteiger partial charge in [-0.1, -0.05) is 23.3 Å². The van der Waals surface area contributed by atoms with Gasteiger partial charge in [-0.2, -0.15) is 0 Å². The van der Waals surface area contributed by atoms with Gasteiger partial charge in [0.05, 0.1) is 19.1 Å². The summed E-state index contributed by atoms with van der Waals surface area (Å²) in [6.45, 7) is 4.10. The Bertz CT molecular complexity index is 591. The average molecular weight is 346 g/mol. The molecule has 4 nitrogen and oxygen atoms in total. The normalized spacial score (nSPS) is 13.3. The SMILES string of the molecule is C/C(=C\CCc1ccoc1)CC/C=C(\C)CCC/C(=C/C(=O)O)CO. The first-order valence-electron chi connectivity index (χ1n) is 8.87. The van der Waals surface area contributed by atoms with Gasteiger partial charge in [-0.15, -0.1) is 0 Å². The quantitative estimate of drug-likeness (QED) is 0.410. The molecular formula is C21H30O4. The maximum absolute atomic E-state index is 10.6. The number of hydrogen-bond acceptors (Lipinski definition) is 3. The number of carboxylic acids is 1. The number of carboxylic acid groups (broad SMARTS) is 1. The monoisotopic (exact) mass is 346 g/mol. The minimum absolute atomic E-state index is 0.183. The summed E-state index contributed by atoms with van der Waals surface area (Å²) in [6.07, 6.45) is 15.7. The lowest BCUT2D eigenvalue weighted by Crippen LogP contribution is -1.97. The zero-order valence-corrected chi connectivity index (χ0v) is 15.3. The summed E-state index contributed by atoms with van der Waals surface area (Å²) in [5, 5.41) is 17.8. The Morgan fingerprint density at radius 2 is 1.84 bits per heavy atom. The van der Waals surface area contributed by atoms with E-state index in [9.17, 15) is 4.79 Å². The van der Waals surface area contributed by atoms with Gasteiger partial charge in [-0.3, -0.25) is 0 Å². The van der Waals surface area contributed by atoms with Crippen LogP contribution >= 0.6 is 0 Å². The number of aliphatic hydroxyl groups is 1. The predicted octanol–water partition coefficient (Wildman–Crippen LogP) is 5.06. The minimum atomic E-state index is -0.994. The van der Waals surface area contributed by atoms with Crippen LogP contribution in [0.1, 0.15) is 57.9 Å². The lowest BCUT2D eigenvalue weighted by molar-refractivity contribution is -0.131. The van der Waals surface area contributed by atoms with Crippen molar-refractivity contribution >= 4 is 5.97 Å². The fourth-order valence-corrected chi connectivity index (χ4v) is 2.64. The van der Waals surface area contributed by atoms with E-state index in [0.29, 0.717) is 12.0 Å². The van der Waals surface area contributed by atoms with E-state index in [2.05, 4.69) is 26.0 Å². The maximum Gasteiger partial charge on any atom is 0.328 e. The Hall–Kier alpha value is -2.07. The van der Waals surface area contributed by atoms with Crippen molar-refractivity contribution in [3.8, 4) is 0 Å². The molecule has 0 saturated carbocycles. The number of rotatable bonds is 12. The molecule has 0 unspecified atom stereocenters. The smallest absolute Gasteiger partial charge is 0.328 e. The number of allylic oxidation sites excluding steroid dienone is 4. The van der Waals surface area contributed by atoms with Crippen LogP contribution in [0, 0.1) is 0 Å². The third-order valence-corrected chi connectivity index (χ3v) is 4.14. The summed E-state index contributed by atoms with van der Waals surface area (Å²) in [5.41, 5.74) is 4.54. The van der Waals surface area contributed by atoms with Crippen LogP contribution < -0.4 is 0 Å². The molecule has 0 spiro atoms. The molecule has 1 rings (SSSR count). The molecule has 0 fully saturated rings. The highest BCUT2D eigenvalue weighted by molar-refractivity contribution is 5.80. The van der Waals surface area contributed by atoms with Gasteiger partial charge in [0.25, 0.3) is 0 Å². The summed E-state index contributed by atoms with van der Waals surface area (Å²) in [6, 6.07) is 2.00. The molecule has 4 heteroatoms. The molecule has 0 aliphatic carbocycles. The van der Waals surface area contributed by atoms with Gasteiger partial charge < -0.3 is 14.6 Å². The molecule has 0 aliphatic heterocycles. The van der Waals surface area contributed by atoms with Crippen LogP contribution in [0.25, 0.3) is 0 Å². The molecule has 0 aromatic carbocycles. The van der Waals surface area contributed by atoms with Gasteiger partial charge in [-0.25, -0.2) is 4.79 Å². The molecule has 138 valence electrons. The van der Waals surface area contributed by atoms with Crippen molar-refractivity contribution in [3.63, 3.8) is 0 Å². The van der Waals surface area contributed by atoms with Crippen molar-refractivity contribution in [2.45, 2.75) is 58.8 Å². The van der Waals surface area contributed by atoms with Crippen LogP contribution in [-0.2, 0) is 11.2 Å². The van der Waals surface area contributed by atoms with Crippen LogP contribution in [0.15, 0.2) is 58.0 Å². The number of carbonyl (C=O) groups is 1. The first-order valence-corrected chi connectivity index (χ1v) is 8.87. The average Bonchev–Trinajstić information content (AvgIpc) is 3.07. The van der Waals surface area contributed by atoms with Crippen LogP contribution in [0.2, 0.25) is 0 Å². The molecule has 1 aromatic heterocycles. The molecule has 25 heavy (non-hydrogen) atoms. The van der Waals surface area contributed by atoms with E-state index in [-0.39, 0.29) is 6.61 Å². The first-order chi connectivity index (χ1) is 12.0. The van der Waals surface area contributed by atoms with Crippen molar-refractivity contribution in [2.75, 3.05) is 6.61 Å². The van der Waals surface area contributed by atoms with E-state index in [4.69, 9.17) is 14.6 Å². The van der Waals surface area contributed by atoms with Crippen LogP contribution in [-0.4, -0.2) is 22.8 Å². The lowest BCUT2D eigenvalue weighted by atomic mass is 10.0. The van der Waals surface area contributed by atoms with Gasteiger partial charge in [0.15, 0.2) is 0 Å². The van der Waals surface area contributed by atoms with Crippen LogP contribution in [0.5, 0.6) is 0 Å². The fraction of sp³-hybridized carbons (Fsp3) is 0.476.